The molecule has 0 fully saturated rings. The second kappa shape index (κ2) is 5.75. The van der Waals surface area contributed by atoms with Crippen LogP contribution in [0.25, 0.3) is 6.08 Å². The molecule has 0 unspecified atom stereocenters. The average Bonchev–Trinajstić information content (AvgIpc) is 2.26. The molecule has 0 aliphatic carbocycles. The quantitative estimate of drug-likeness (QED) is 0.533. The van der Waals surface area contributed by atoms with E-state index in [1.165, 1.54) is 5.19 Å². The average molecular weight is 206 g/mol. The zero-order valence-corrected chi connectivity index (χ0v) is 9.49. The number of benzene rings is 1. The molecule has 0 bridgehead atoms. The van der Waals surface area contributed by atoms with E-state index in [1.807, 2.05) is 18.2 Å². The maximum absolute atomic E-state index is 5.14. The van der Waals surface area contributed by atoms with Gasteiger partial charge in [-0.05, 0) is 5.56 Å². The Morgan fingerprint density at radius 2 is 2.07 bits per heavy atom. The first kappa shape index (κ1) is 11.2. The van der Waals surface area contributed by atoms with Crippen LogP contribution in [0.3, 0.4) is 0 Å². The van der Waals surface area contributed by atoms with Crippen LogP contribution in [-0.4, -0.2) is 29.7 Å². The Morgan fingerprint density at radius 3 is 2.64 bits per heavy atom. The number of rotatable bonds is 5. The molecule has 1 rings (SSSR count). The molecule has 0 spiro atoms. The van der Waals surface area contributed by atoms with Gasteiger partial charge in [-0.1, -0.05) is 42.1 Å². The second-order valence-electron chi connectivity index (χ2n) is 2.78. The molecule has 0 aliphatic heterocycles. The lowest BCUT2D eigenvalue weighted by molar-refractivity contribution is -0.0429. The summed E-state index contributed by atoms with van der Waals surface area (Å²) in [6.45, 7) is 3.73. The third-order valence-electron chi connectivity index (χ3n) is 1.83. The van der Waals surface area contributed by atoms with Crippen molar-refractivity contribution in [2.24, 2.45) is 0 Å². The van der Waals surface area contributed by atoms with Crippen molar-refractivity contribution in [3.8, 4) is 0 Å². The van der Waals surface area contributed by atoms with E-state index in [9.17, 15) is 0 Å². The fourth-order valence-electron chi connectivity index (χ4n) is 1.11. The van der Waals surface area contributed by atoms with E-state index < -0.39 is 0 Å². The maximum atomic E-state index is 5.14. The van der Waals surface area contributed by atoms with Crippen LogP contribution >= 0.6 is 0 Å². The van der Waals surface area contributed by atoms with Crippen molar-refractivity contribution in [1.29, 1.82) is 0 Å². The summed E-state index contributed by atoms with van der Waals surface area (Å²) < 4.78 is 10.3. The fourth-order valence-corrected chi connectivity index (χ4v) is 2.06. The number of ether oxygens (including phenoxy) is 2. The molecular weight excluding hydrogens is 192 g/mol. The Labute approximate surface area is 87.4 Å². The zero-order valence-electron chi connectivity index (χ0n) is 8.49. The van der Waals surface area contributed by atoms with Gasteiger partial charge in [0, 0.05) is 14.2 Å². The molecule has 0 heterocycles. The summed E-state index contributed by atoms with van der Waals surface area (Å²) in [6.07, 6.45) is 1.84. The summed E-state index contributed by atoms with van der Waals surface area (Å²) in [5.74, 6) is -0.143. The monoisotopic (exact) mass is 206 g/mol. The van der Waals surface area contributed by atoms with Gasteiger partial charge in [0.2, 0.25) is 0 Å². The molecule has 0 saturated heterocycles. The van der Waals surface area contributed by atoms with Gasteiger partial charge in [-0.15, -0.1) is 0 Å². The van der Waals surface area contributed by atoms with Gasteiger partial charge in [-0.25, -0.2) is 0 Å². The van der Waals surface area contributed by atoms with Crippen molar-refractivity contribution < 1.29 is 9.47 Å². The van der Waals surface area contributed by atoms with Gasteiger partial charge in [-0.2, -0.15) is 0 Å². The first-order valence-corrected chi connectivity index (χ1v) is 5.42. The summed E-state index contributed by atoms with van der Waals surface area (Å²) in [6, 6.07) is 8.20. The van der Waals surface area contributed by atoms with Crippen LogP contribution in [0.5, 0.6) is 0 Å². The summed E-state index contributed by atoms with van der Waals surface area (Å²) in [5, 5.41) is 1.22. The Hall–Kier alpha value is -0.903. The van der Waals surface area contributed by atoms with Crippen LogP contribution in [-0.2, 0) is 9.47 Å². The second-order valence-corrected chi connectivity index (χ2v) is 4.11. The molecule has 0 aliphatic rings. The number of hydrogen-bond acceptors (Lipinski definition) is 2. The van der Waals surface area contributed by atoms with Gasteiger partial charge in [-0.3, -0.25) is 0 Å². The van der Waals surface area contributed by atoms with E-state index in [4.69, 9.17) is 9.47 Å². The zero-order chi connectivity index (χ0) is 10.4. The summed E-state index contributed by atoms with van der Waals surface area (Å²) >= 11 is 0. The summed E-state index contributed by atoms with van der Waals surface area (Å²) in [5.41, 5.74) is 1.13. The normalized spacial score (nSPS) is 10.5. The molecule has 0 atom stereocenters. The molecule has 0 N–H and O–H groups in total. The van der Waals surface area contributed by atoms with E-state index in [-0.39, 0.29) is 5.91 Å². The van der Waals surface area contributed by atoms with Gasteiger partial charge in [0.1, 0.15) is 5.91 Å². The van der Waals surface area contributed by atoms with Crippen LogP contribution < -0.4 is 5.19 Å². The first-order chi connectivity index (χ1) is 6.80. The predicted molar refractivity (Wildman–Crippen MR) is 59.7 cm³/mol. The van der Waals surface area contributed by atoms with E-state index >= 15 is 0 Å². The van der Waals surface area contributed by atoms with Gasteiger partial charge in [0.05, 0.1) is 0 Å². The third-order valence-corrected chi connectivity index (χ3v) is 3.19. The van der Waals surface area contributed by atoms with E-state index in [2.05, 4.69) is 18.7 Å². The largest absolute Gasteiger partial charge is 0.360 e. The van der Waals surface area contributed by atoms with Crippen molar-refractivity contribution in [3.05, 3.63) is 36.4 Å². The molecule has 1 aromatic carbocycles. The smallest absolute Gasteiger partial charge is 0.157 e. The molecule has 74 valence electrons. The topological polar surface area (TPSA) is 18.5 Å². The predicted octanol–water partition coefficient (Wildman–Crippen LogP) is 1.24. The Morgan fingerprint density at radius 1 is 1.36 bits per heavy atom. The molecule has 14 heavy (non-hydrogen) atoms. The van der Waals surface area contributed by atoms with Crippen LogP contribution in [0.15, 0.2) is 30.8 Å². The minimum Gasteiger partial charge on any atom is -0.360 e. The highest BCUT2D eigenvalue weighted by Crippen LogP contribution is 1.98. The highest BCUT2D eigenvalue weighted by Gasteiger charge is 2.07. The first-order valence-electron chi connectivity index (χ1n) is 4.34. The van der Waals surface area contributed by atoms with Crippen molar-refractivity contribution in [1.82, 2.24) is 0 Å². The molecular formula is C11H14O2Si. The van der Waals surface area contributed by atoms with E-state index in [0.29, 0.717) is 9.52 Å². The van der Waals surface area contributed by atoms with E-state index in [1.54, 1.807) is 14.2 Å². The molecule has 3 heteroatoms. The van der Waals surface area contributed by atoms with E-state index in [0.717, 1.165) is 5.56 Å². The van der Waals surface area contributed by atoms with Gasteiger partial charge >= 0.3 is 0 Å². The third kappa shape index (κ3) is 3.10. The summed E-state index contributed by atoms with van der Waals surface area (Å²) in [7, 11) is 3.81. The van der Waals surface area contributed by atoms with Crippen molar-refractivity contribution in [2.45, 2.75) is 5.91 Å². The van der Waals surface area contributed by atoms with Crippen molar-refractivity contribution in [2.75, 3.05) is 14.2 Å². The standard InChI is InChI=1S/C11H14O2Si/c1-4-9-6-5-7-10(8-9)14-11(12-2)13-3/h4-8,11H,1H2,2-3H3. The SMILES string of the molecule is C=Cc1cccc([Si]C(OC)OC)c1. The Kier molecular flexibility index (Phi) is 4.59. The lowest BCUT2D eigenvalue weighted by atomic mass is 10.2. The Bertz CT molecular complexity index is 295. The van der Waals surface area contributed by atoms with Gasteiger partial charge in [0.25, 0.3) is 0 Å². The maximum Gasteiger partial charge on any atom is 0.157 e. The minimum absolute atomic E-state index is 0.143. The molecule has 1 aromatic rings. The Balaban J connectivity index is 2.70. The highest BCUT2D eigenvalue weighted by molar-refractivity contribution is 6.54. The summed E-state index contributed by atoms with van der Waals surface area (Å²) in [4.78, 5) is 0. The highest BCUT2D eigenvalue weighted by atomic mass is 28.2. The minimum atomic E-state index is -0.143. The van der Waals surface area contributed by atoms with Gasteiger partial charge in [0.15, 0.2) is 9.52 Å². The molecule has 0 amide bonds. The fraction of sp³-hybridized carbons (Fsp3) is 0.273. The van der Waals surface area contributed by atoms with Gasteiger partial charge < -0.3 is 9.47 Å². The lowest BCUT2D eigenvalue weighted by Gasteiger charge is -2.12. The van der Waals surface area contributed by atoms with Crippen LogP contribution in [0.2, 0.25) is 0 Å². The van der Waals surface area contributed by atoms with Crippen LogP contribution in [0.4, 0.5) is 0 Å². The van der Waals surface area contributed by atoms with Crippen molar-refractivity contribution in [3.63, 3.8) is 0 Å². The molecule has 0 saturated carbocycles. The molecule has 2 radical (unpaired) electrons. The number of hydrogen-bond donors (Lipinski definition) is 0. The number of methoxy groups -OCH3 is 2. The van der Waals surface area contributed by atoms with Crippen LogP contribution in [0, 0.1) is 0 Å². The van der Waals surface area contributed by atoms with Crippen molar-refractivity contribution >= 4 is 20.8 Å². The van der Waals surface area contributed by atoms with Crippen LogP contribution in [0.1, 0.15) is 5.56 Å². The lowest BCUT2D eigenvalue weighted by Crippen LogP contribution is -2.31. The molecule has 0 aromatic heterocycles. The molecule has 2 nitrogen and oxygen atoms in total.